The summed E-state index contributed by atoms with van der Waals surface area (Å²) in [4.78, 5) is 12.5. The van der Waals surface area contributed by atoms with Crippen LogP contribution in [-0.4, -0.2) is 57.1 Å². The van der Waals surface area contributed by atoms with Gasteiger partial charge in [0.15, 0.2) is 11.5 Å². The molecule has 0 aliphatic heterocycles. The van der Waals surface area contributed by atoms with Crippen molar-refractivity contribution in [1.29, 1.82) is 0 Å². The van der Waals surface area contributed by atoms with Gasteiger partial charge in [0.25, 0.3) is 0 Å². The van der Waals surface area contributed by atoms with Crippen LogP contribution in [0.4, 0.5) is 0 Å². The Balaban J connectivity index is 0.0000116. The van der Waals surface area contributed by atoms with Gasteiger partial charge in [0.1, 0.15) is 0 Å². The quantitative estimate of drug-likeness (QED) is 0.266. The number of hydrogen-bond acceptors (Lipinski definition) is 6. The molecule has 3 unspecified atom stereocenters. The number of hydrogen-bond donors (Lipinski definition) is 3. The summed E-state index contributed by atoms with van der Waals surface area (Å²) in [5, 5.41) is 13.5. The van der Waals surface area contributed by atoms with Crippen molar-refractivity contribution in [2.45, 2.75) is 78.9 Å². The van der Waals surface area contributed by atoms with Crippen molar-refractivity contribution in [3.8, 4) is 11.5 Å². The van der Waals surface area contributed by atoms with Crippen LogP contribution in [0.3, 0.4) is 0 Å². The first-order valence-corrected chi connectivity index (χ1v) is 12.6. The molecule has 0 aromatic heterocycles. The Morgan fingerprint density at radius 2 is 1.80 bits per heavy atom. The molecule has 1 aromatic carbocycles. The molecule has 4 N–H and O–H groups in total. The molecule has 204 valence electrons. The highest BCUT2D eigenvalue weighted by Crippen LogP contribution is 2.31. The van der Waals surface area contributed by atoms with Gasteiger partial charge in [-0.05, 0) is 55.2 Å². The van der Waals surface area contributed by atoms with Crippen LogP contribution >= 0.6 is 12.4 Å². The molecule has 0 saturated heterocycles. The third-order valence-corrected chi connectivity index (χ3v) is 7.07. The number of nitrogens with two attached hydrogens (primary N) is 1. The molecule has 0 fully saturated rings. The maximum Gasteiger partial charge on any atom is 0.226 e. The molecule has 0 bridgehead atoms. The van der Waals surface area contributed by atoms with Crippen LogP contribution in [0.25, 0.3) is 0 Å². The highest BCUT2D eigenvalue weighted by molar-refractivity contribution is 5.85. The zero-order chi connectivity index (χ0) is 25.7. The molecular weight excluding hydrogens is 468 g/mol. The van der Waals surface area contributed by atoms with Gasteiger partial charge in [-0.25, -0.2) is 0 Å². The van der Waals surface area contributed by atoms with E-state index in [2.05, 4.69) is 25.2 Å². The SMILES string of the molecule is CCC(C)(CC)C(=O)NCC(O)C(N)CC(Cc1ccc(OC)c(OCCCOC)c1)C(C)C.Cl. The molecule has 0 aliphatic rings. The number of aliphatic hydroxyl groups excluding tert-OH is 1. The molecule has 8 heteroatoms. The molecule has 35 heavy (non-hydrogen) atoms. The maximum absolute atomic E-state index is 12.5. The van der Waals surface area contributed by atoms with E-state index in [1.807, 2.05) is 32.9 Å². The highest BCUT2D eigenvalue weighted by Gasteiger charge is 2.30. The topological polar surface area (TPSA) is 103 Å². The molecular formula is C27H49ClN2O5. The molecule has 0 heterocycles. The van der Waals surface area contributed by atoms with E-state index in [1.54, 1.807) is 14.2 Å². The Kier molecular flexibility index (Phi) is 16.3. The summed E-state index contributed by atoms with van der Waals surface area (Å²) in [5.41, 5.74) is 7.10. The minimum Gasteiger partial charge on any atom is -0.493 e. The van der Waals surface area contributed by atoms with Crippen molar-refractivity contribution in [2.75, 3.05) is 34.0 Å². The Hall–Kier alpha value is -1.54. The van der Waals surface area contributed by atoms with Crippen LogP contribution in [0, 0.1) is 17.3 Å². The minimum absolute atomic E-state index is 0. The van der Waals surface area contributed by atoms with Gasteiger partial charge in [-0.15, -0.1) is 12.4 Å². The fourth-order valence-corrected chi connectivity index (χ4v) is 3.88. The monoisotopic (exact) mass is 516 g/mol. The summed E-state index contributed by atoms with van der Waals surface area (Å²) >= 11 is 0. The van der Waals surface area contributed by atoms with E-state index in [0.717, 1.165) is 37.0 Å². The molecule has 0 radical (unpaired) electrons. The number of carbonyl (C=O) groups excluding carboxylic acids is 1. The van der Waals surface area contributed by atoms with Crippen molar-refractivity contribution in [3.05, 3.63) is 23.8 Å². The third-order valence-electron chi connectivity index (χ3n) is 7.07. The number of methoxy groups -OCH3 is 2. The Morgan fingerprint density at radius 3 is 2.34 bits per heavy atom. The van der Waals surface area contributed by atoms with Crippen LogP contribution < -0.4 is 20.5 Å². The number of amides is 1. The largest absolute Gasteiger partial charge is 0.493 e. The van der Waals surface area contributed by atoms with Gasteiger partial charge >= 0.3 is 0 Å². The lowest BCUT2D eigenvalue weighted by Gasteiger charge is -2.29. The van der Waals surface area contributed by atoms with Crippen LogP contribution in [0.2, 0.25) is 0 Å². The van der Waals surface area contributed by atoms with E-state index in [-0.39, 0.29) is 30.8 Å². The molecule has 7 nitrogen and oxygen atoms in total. The zero-order valence-electron chi connectivity index (χ0n) is 22.8. The maximum atomic E-state index is 12.5. The first kappa shape index (κ1) is 33.5. The van der Waals surface area contributed by atoms with E-state index in [0.29, 0.717) is 31.3 Å². The number of aliphatic hydroxyl groups is 1. The van der Waals surface area contributed by atoms with Crippen LogP contribution in [-0.2, 0) is 16.0 Å². The number of ether oxygens (including phenoxy) is 3. The predicted octanol–water partition coefficient (Wildman–Crippen LogP) is 4.37. The fraction of sp³-hybridized carbons (Fsp3) is 0.741. The number of rotatable bonds is 17. The predicted molar refractivity (Wildman–Crippen MR) is 145 cm³/mol. The van der Waals surface area contributed by atoms with E-state index < -0.39 is 17.6 Å². The van der Waals surface area contributed by atoms with Gasteiger partial charge in [-0.2, -0.15) is 0 Å². The van der Waals surface area contributed by atoms with Crippen molar-refractivity contribution in [2.24, 2.45) is 23.0 Å². The fourth-order valence-electron chi connectivity index (χ4n) is 3.88. The Bertz CT molecular complexity index is 728. The number of benzene rings is 1. The number of halogens is 1. The van der Waals surface area contributed by atoms with Gasteiger partial charge in [-0.1, -0.05) is 40.7 Å². The second-order valence-corrected chi connectivity index (χ2v) is 9.83. The second kappa shape index (κ2) is 17.0. The summed E-state index contributed by atoms with van der Waals surface area (Å²) in [5.74, 6) is 2.05. The average molecular weight is 517 g/mol. The molecule has 0 spiro atoms. The summed E-state index contributed by atoms with van der Waals surface area (Å²) in [7, 11) is 3.31. The van der Waals surface area contributed by atoms with Gasteiger partial charge in [0, 0.05) is 38.1 Å². The number of carbonyl (C=O) groups is 1. The Labute approximate surface area is 218 Å². The molecule has 1 aromatic rings. The lowest BCUT2D eigenvalue weighted by atomic mass is 9.82. The van der Waals surface area contributed by atoms with Gasteiger partial charge in [-0.3, -0.25) is 4.79 Å². The first-order valence-electron chi connectivity index (χ1n) is 12.6. The summed E-state index contributed by atoms with van der Waals surface area (Å²) in [6, 6.07) is 5.58. The highest BCUT2D eigenvalue weighted by atomic mass is 35.5. The molecule has 1 amide bonds. The van der Waals surface area contributed by atoms with E-state index in [9.17, 15) is 9.90 Å². The smallest absolute Gasteiger partial charge is 0.226 e. The summed E-state index contributed by atoms with van der Waals surface area (Å²) in [6.07, 6.45) is 2.99. The normalized spacial score (nSPS) is 14.1. The molecule has 1 rings (SSSR count). The van der Waals surface area contributed by atoms with Crippen LogP contribution in [0.1, 0.15) is 65.9 Å². The van der Waals surface area contributed by atoms with Crippen molar-refractivity contribution in [3.63, 3.8) is 0 Å². The summed E-state index contributed by atoms with van der Waals surface area (Å²) in [6.45, 7) is 11.7. The van der Waals surface area contributed by atoms with Gasteiger partial charge in [0.2, 0.25) is 5.91 Å². The van der Waals surface area contributed by atoms with E-state index in [1.165, 1.54) is 0 Å². The van der Waals surface area contributed by atoms with Crippen molar-refractivity contribution in [1.82, 2.24) is 5.32 Å². The minimum atomic E-state index is -0.793. The van der Waals surface area contributed by atoms with Crippen LogP contribution in [0.5, 0.6) is 11.5 Å². The third kappa shape index (κ3) is 10.9. The Morgan fingerprint density at radius 1 is 1.14 bits per heavy atom. The number of nitrogens with one attached hydrogen (secondary N) is 1. The molecule has 3 atom stereocenters. The van der Waals surface area contributed by atoms with E-state index >= 15 is 0 Å². The average Bonchev–Trinajstić information content (AvgIpc) is 2.83. The first-order chi connectivity index (χ1) is 16.1. The van der Waals surface area contributed by atoms with Gasteiger partial charge in [0.05, 0.1) is 19.8 Å². The standard InChI is InChI=1S/C27H48N2O5.ClH/c1-8-27(5,9-2)26(31)29-18-23(30)22(28)17-21(19(3)4)15-20-11-12-24(33-7)25(16-20)34-14-10-13-32-6;/h11-12,16,19,21-23,30H,8-10,13-15,17-18,28H2,1-7H3,(H,29,31);1H. The lowest BCUT2D eigenvalue weighted by Crippen LogP contribution is -2.47. The second-order valence-electron chi connectivity index (χ2n) is 9.83. The van der Waals surface area contributed by atoms with Crippen LogP contribution in [0.15, 0.2) is 18.2 Å². The molecule has 0 saturated carbocycles. The van der Waals surface area contributed by atoms with Crippen molar-refractivity contribution < 1.29 is 24.1 Å². The zero-order valence-corrected chi connectivity index (χ0v) is 23.6. The summed E-state index contributed by atoms with van der Waals surface area (Å²) < 4.78 is 16.5. The van der Waals surface area contributed by atoms with Gasteiger partial charge < -0.3 is 30.4 Å². The lowest BCUT2D eigenvalue weighted by molar-refractivity contribution is -0.131. The molecule has 0 aliphatic carbocycles. The van der Waals surface area contributed by atoms with Crippen molar-refractivity contribution >= 4 is 18.3 Å². The van der Waals surface area contributed by atoms with E-state index in [4.69, 9.17) is 19.9 Å².